The van der Waals surface area contributed by atoms with Crippen LogP contribution >= 0.6 is 0 Å². The summed E-state index contributed by atoms with van der Waals surface area (Å²) in [7, 11) is 1.53. The molecule has 4 rings (SSSR count). The molecule has 2 aromatic heterocycles. The van der Waals surface area contributed by atoms with Crippen LogP contribution in [0.5, 0.6) is 5.75 Å². The van der Waals surface area contributed by atoms with E-state index in [0.717, 1.165) is 5.56 Å². The standard InChI is InChI=1S/C24H25FN4O3/c1-16(2)12-13-28-23(30)21-22(26-15-27(21)14-17-8-10-18(25)11-9-17)29(24(28)31)19-6-4-5-7-20(19)32-3/h4-11,15-16H,12-14H2,1-3H3. The highest BCUT2D eigenvalue weighted by molar-refractivity contribution is 5.73. The van der Waals surface area contributed by atoms with E-state index < -0.39 is 11.2 Å². The Morgan fingerprint density at radius 3 is 2.47 bits per heavy atom. The molecule has 0 spiro atoms. The predicted octanol–water partition coefficient (Wildman–Crippen LogP) is 3.59. The summed E-state index contributed by atoms with van der Waals surface area (Å²) in [6.07, 6.45) is 2.21. The van der Waals surface area contributed by atoms with Gasteiger partial charge in [0.15, 0.2) is 11.2 Å². The second-order valence-corrected chi connectivity index (χ2v) is 8.10. The van der Waals surface area contributed by atoms with Gasteiger partial charge in [0.05, 0.1) is 19.1 Å². The minimum Gasteiger partial charge on any atom is -0.495 e. The van der Waals surface area contributed by atoms with Crippen molar-refractivity contribution in [2.24, 2.45) is 5.92 Å². The van der Waals surface area contributed by atoms with Gasteiger partial charge >= 0.3 is 5.69 Å². The van der Waals surface area contributed by atoms with Crippen LogP contribution in [0.4, 0.5) is 4.39 Å². The van der Waals surface area contributed by atoms with Crippen molar-refractivity contribution in [2.45, 2.75) is 33.4 Å². The molecular formula is C24H25FN4O3. The fourth-order valence-electron chi connectivity index (χ4n) is 3.70. The molecule has 0 amide bonds. The molecule has 0 bridgehead atoms. The fourth-order valence-corrected chi connectivity index (χ4v) is 3.70. The maximum absolute atomic E-state index is 13.5. The average molecular weight is 436 g/mol. The summed E-state index contributed by atoms with van der Waals surface area (Å²) in [5, 5.41) is 0. The van der Waals surface area contributed by atoms with E-state index in [0.29, 0.717) is 42.4 Å². The van der Waals surface area contributed by atoms with E-state index in [1.807, 2.05) is 19.9 Å². The van der Waals surface area contributed by atoms with E-state index in [2.05, 4.69) is 4.98 Å². The Hall–Kier alpha value is -3.68. The van der Waals surface area contributed by atoms with Crippen molar-refractivity contribution in [3.05, 3.63) is 87.1 Å². The van der Waals surface area contributed by atoms with Crippen LogP contribution in [0.25, 0.3) is 16.9 Å². The summed E-state index contributed by atoms with van der Waals surface area (Å²) in [6, 6.07) is 13.2. The van der Waals surface area contributed by atoms with Crippen molar-refractivity contribution < 1.29 is 9.13 Å². The molecule has 7 nitrogen and oxygen atoms in total. The minimum atomic E-state index is -0.459. The molecule has 0 aliphatic rings. The van der Waals surface area contributed by atoms with Crippen LogP contribution in [0, 0.1) is 11.7 Å². The van der Waals surface area contributed by atoms with Crippen LogP contribution in [0.15, 0.2) is 64.4 Å². The molecule has 0 N–H and O–H groups in total. The molecule has 2 aromatic carbocycles. The Morgan fingerprint density at radius 2 is 1.78 bits per heavy atom. The smallest absolute Gasteiger partial charge is 0.337 e. The van der Waals surface area contributed by atoms with Gasteiger partial charge in [-0.2, -0.15) is 0 Å². The number of para-hydroxylation sites is 2. The molecule has 0 aliphatic heterocycles. The van der Waals surface area contributed by atoms with Crippen LogP contribution in [0.1, 0.15) is 25.8 Å². The van der Waals surface area contributed by atoms with Crippen LogP contribution in [-0.2, 0) is 13.1 Å². The second kappa shape index (κ2) is 8.82. The van der Waals surface area contributed by atoms with Gasteiger partial charge in [0.1, 0.15) is 11.6 Å². The highest BCUT2D eigenvalue weighted by Crippen LogP contribution is 2.23. The van der Waals surface area contributed by atoms with Gasteiger partial charge in [-0.05, 0) is 42.2 Å². The number of benzene rings is 2. The summed E-state index contributed by atoms with van der Waals surface area (Å²) in [5.41, 5.74) is 1.04. The lowest BCUT2D eigenvalue weighted by atomic mass is 10.1. The van der Waals surface area contributed by atoms with Gasteiger partial charge in [-0.3, -0.25) is 9.36 Å². The summed E-state index contributed by atoms with van der Waals surface area (Å²) < 4.78 is 23.2. The zero-order chi connectivity index (χ0) is 22.8. The zero-order valence-corrected chi connectivity index (χ0v) is 18.3. The van der Waals surface area contributed by atoms with Gasteiger partial charge in [0.25, 0.3) is 5.56 Å². The van der Waals surface area contributed by atoms with E-state index in [9.17, 15) is 14.0 Å². The summed E-state index contributed by atoms with van der Waals surface area (Å²) in [6.45, 7) is 4.70. The van der Waals surface area contributed by atoms with Crippen molar-refractivity contribution in [3.8, 4) is 11.4 Å². The molecule has 0 saturated carbocycles. The highest BCUT2D eigenvalue weighted by atomic mass is 19.1. The first kappa shape index (κ1) is 21.5. The van der Waals surface area contributed by atoms with Crippen LogP contribution in [0.3, 0.4) is 0 Å². The number of imidazole rings is 1. The van der Waals surface area contributed by atoms with Gasteiger partial charge in [-0.25, -0.2) is 18.7 Å². The molecule has 2 heterocycles. The van der Waals surface area contributed by atoms with E-state index in [4.69, 9.17) is 4.74 Å². The largest absolute Gasteiger partial charge is 0.495 e. The van der Waals surface area contributed by atoms with Gasteiger partial charge in [-0.1, -0.05) is 38.1 Å². The minimum absolute atomic E-state index is 0.257. The van der Waals surface area contributed by atoms with Crippen molar-refractivity contribution in [2.75, 3.05) is 7.11 Å². The summed E-state index contributed by atoms with van der Waals surface area (Å²) in [5.74, 6) is 0.490. The van der Waals surface area contributed by atoms with Crippen LogP contribution in [0.2, 0.25) is 0 Å². The highest BCUT2D eigenvalue weighted by Gasteiger charge is 2.21. The second-order valence-electron chi connectivity index (χ2n) is 8.10. The molecule has 0 fully saturated rings. The number of hydrogen-bond donors (Lipinski definition) is 0. The third-order valence-corrected chi connectivity index (χ3v) is 5.42. The number of aromatic nitrogens is 4. The number of hydrogen-bond acceptors (Lipinski definition) is 4. The van der Waals surface area contributed by atoms with E-state index in [1.54, 1.807) is 34.9 Å². The summed E-state index contributed by atoms with van der Waals surface area (Å²) in [4.78, 5) is 31.3. The number of ether oxygens (including phenoxy) is 1. The lowest BCUT2D eigenvalue weighted by molar-refractivity contribution is 0.412. The molecule has 0 unspecified atom stereocenters. The zero-order valence-electron chi connectivity index (χ0n) is 18.3. The number of fused-ring (bicyclic) bond motifs is 1. The number of halogens is 1. The monoisotopic (exact) mass is 436 g/mol. The number of rotatable bonds is 7. The van der Waals surface area contributed by atoms with Gasteiger partial charge in [0.2, 0.25) is 0 Å². The molecule has 0 atom stereocenters. The SMILES string of the molecule is COc1ccccc1-n1c(=O)n(CCC(C)C)c(=O)c2c1ncn2Cc1ccc(F)cc1. The maximum atomic E-state index is 13.5. The lowest BCUT2D eigenvalue weighted by Crippen LogP contribution is -2.40. The fraction of sp³-hybridized carbons (Fsp3) is 0.292. The van der Waals surface area contributed by atoms with E-state index in [-0.39, 0.29) is 11.5 Å². The molecule has 32 heavy (non-hydrogen) atoms. The van der Waals surface area contributed by atoms with Crippen molar-refractivity contribution >= 4 is 11.2 Å². The molecule has 4 aromatic rings. The average Bonchev–Trinajstić information content (AvgIpc) is 3.18. The first-order chi connectivity index (χ1) is 15.4. The Kier molecular flexibility index (Phi) is 5.94. The topological polar surface area (TPSA) is 71.1 Å². The predicted molar refractivity (Wildman–Crippen MR) is 121 cm³/mol. The lowest BCUT2D eigenvalue weighted by Gasteiger charge is -2.15. The van der Waals surface area contributed by atoms with Crippen molar-refractivity contribution in [1.82, 2.24) is 18.7 Å². The Bertz CT molecular complexity index is 1370. The Morgan fingerprint density at radius 1 is 1.06 bits per heavy atom. The van der Waals surface area contributed by atoms with Crippen molar-refractivity contribution in [3.63, 3.8) is 0 Å². The molecule has 0 radical (unpaired) electrons. The van der Waals surface area contributed by atoms with Gasteiger partial charge in [-0.15, -0.1) is 0 Å². The molecule has 0 aliphatic carbocycles. The van der Waals surface area contributed by atoms with E-state index >= 15 is 0 Å². The van der Waals surface area contributed by atoms with Crippen LogP contribution in [-0.4, -0.2) is 25.8 Å². The molecule has 166 valence electrons. The molecule has 8 heteroatoms. The third kappa shape index (κ3) is 3.95. The van der Waals surface area contributed by atoms with Crippen molar-refractivity contribution in [1.29, 1.82) is 0 Å². The van der Waals surface area contributed by atoms with Gasteiger partial charge < -0.3 is 9.30 Å². The third-order valence-electron chi connectivity index (χ3n) is 5.42. The normalized spacial score (nSPS) is 11.4. The Balaban J connectivity index is 1.98. The number of nitrogens with zero attached hydrogens (tertiary/aromatic N) is 4. The maximum Gasteiger partial charge on any atom is 0.337 e. The summed E-state index contributed by atoms with van der Waals surface area (Å²) >= 11 is 0. The quantitative estimate of drug-likeness (QED) is 0.444. The first-order valence-electron chi connectivity index (χ1n) is 10.5. The van der Waals surface area contributed by atoms with E-state index in [1.165, 1.54) is 34.7 Å². The first-order valence-corrected chi connectivity index (χ1v) is 10.5. The Labute approximate surface area is 184 Å². The van der Waals surface area contributed by atoms with Crippen LogP contribution < -0.4 is 16.0 Å². The number of methoxy groups -OCH3 is 1. The molecule has 0 saturated heterocycles. The van der Waals surface area contributed by atoms with Gasteiger partial charge in [0, 0.05) is 13.1 Å². The molecular weight excluding hydrogens is 411 g/mol.